The van der Waals surface area contributed by atoms with Crippen molar-refractivity contribution < 1.29 is 14.3 Å². The highest BCUT2D eigenvalue weighted by molar-refractivity contribution is 5.95. The van der Waals surface area contributed by atoms with Crippen LogP contribution < -0.4 is 10.2 Å². The lowest BCUT2D eigenvalue weighted by Gasteiger charge is -2.21. The van der Waals surface area contributed by atoms with Gasteiger partial charge in [-0.25, -0.2) is 0 Å². The van der Waals surface area contributed by atoms with E-state index in [4.69, 9.17) is 10.00 Å². The molecular formula is C18H23N3O3. The average Bonchev–Trinajstić information content (AvgIpc) is 3.13. The van der Waals surface area contributed by atoms with Gasteiger partial charge < -0.3 is 15.0 Å². The number of para-hydroxylation sites is 1. The maximum Gasteiger partial charge on any atom is 0.227 e. The number of nitrogens with one attached hydrogen (secondary N) is 1. The molecule has 0 spiro atoms. The van der Waals surface area contributed by atoms with Gasteiger partial charge >= 0.3 is 0 Å². The molecule has 24 heavy (non-hydrogen) atoms. The summed E-state index contributed by atoms with van der Waals surface area (Å²) in [6.07, 6.45) is 1.51. The Labute approximate surface area is 142 Å². The molecule has 1 unspecified atom stereocenters. The van der Waals surface area contributed by atoms with Gasteiger partial charge in [-0.15, -0.1) is 0 Å². The maximum atomic E-state index is 12.4. The van der Waals surface area contributed by atoms with Crippen LogP contribution in [0.3, 0.4) is 0 Å². The van der Waals surface area contributed by atoms with Crippen LogP contribution in [-0.2, 0) is 14.3 Å². The first-order chi connectivity index (χ1) is 11.7. The lowest BCUT2D eigenvalue weighted by molar-refractivity contribution is -0.125. The van der Waals surface area contributed by atoms with Crippen LogP contribution in [0.25, 0.3) is 0 Å². The van der Waals surface area contributed by atoms with Gasteiger partial charge in [-0.05, 0) is 18.6 Å². The zero-order chi connectivity index (χ0) is 17.2. The normalized spacial score (nSPS) is 16.4. The summed E-state index contributed by atoms with van der Waals surface area (Å²) >= 11 is 0. The standard InChI is InChI=1S/C18H23N3O3/c19-10-4-11-21(16-5-2-1-3-6-16)18(23)8-7-17(22)20-13-15-9-12-24-14-15/h1-3,5-6,15H,4,7-9,11-14H2,(H,20,22). The van der Waals surface area contributed by atoms with Crippen molar-refractivity contribution in [1.29, 1.82) is 5.26 Å². The highest BCUT2D eigenvalue weighted by Gasteiger charge is 2.18. The van der Waals surface area contributed by atoms with Gasteiger partial charge in [-0.2, -0.15) is 5.26 Å². The molecule has 2 amide bonds. The largest absolute Gasteiger partial charge is 0.381 e. The fourth-order valence-electron chi connectivity index (χ4n) is 2.61. The number of carbonyl (C=O) groups excluding carboxylic acids is 2. The number of rotatable bonds is 8. The molecule has 1 N–H and O–H groups in total. The van der Waals surface area contributed by atoms with Crippen molar-refractivity contribution in [3.63, 3.8) is 0 Å². The van der Waals surface area contributed by atoms with Gasteiger partial charge in [-0.3, -0.25) is 9.59 Å². The number of ether oxygens (including phenoxy) is 1. The van der Waals surface area contributed by atoms with Crippen LogP contribution >= 0.6 is 0 Å². The molecular weight excluding hydrogens is 306 g/mol. The number of hydrogen-bond donors (Lipinski definition) is 1. The Hall–Kier alpha value is -2.39. The third-order valence-corrected chi connectivity index (χ3v) is 3.99. The van der Waals surface area contributed by atoms with E-state index in [0.717, 1.165) is 18.7 Å². The fourth-order valence-corrected chi connectivity index (χ4v) is 2.61. The highest BCUT2D eigenvalue weighted by atomic mass is 16.5. The molecule has 1 heterocycles. The second-order valence-electron chi connectivity index (χ2n) is 5.82. The predicted molar refractivity (Wildman–Crippen MR) is 90.2 cm³/mol. The molecule has 6 heteroatoms. The minimum Gasteiger partial charge on any atom is -0.381 e. The molecule has 1 atom stereocenters. The first-order valence-corrected chi connectivity index (χ1v) is 8.27. The fraction of sp³-hybridized carbons (Fsp3) is 0.500. The number of benzene rings is 1. The maximum absolute atomic E-state index is 12.4. The molecule has 1 aromatic carbocycles. The molecule has 1 fully saturated rings. The van der Waals surface area contributed by atoms with Crippen molar-refractivity contribution in [2.75, 3.05) is 31.2 Å². The van der Waals surface area contributed by atoms with Crippen LogP contribution in [0.4, 0.5) is 5.69 Å². The Kier molecular flexibility index (Phi) is 7.24. The van der Waals surface area contributed by atoms with Gasteiger partial charge in [0.05, 0.1) is 19.1 Å². The Morgan fingerprint density at radius 1 is 1.29 bits per heavy atom. The summed E-state index contributed by atoms with van der Waals surface area (Å²) in [7, 11) is 0. The molecule has 6 nitrogen and oxygen atoms in total. The van der Waals surface area contributed by atoms with E-state index in [-0.39, 0.29) is 31.1 Å². The van der Waals surface area contributed by atoms with Gasteiger partial charge in [-0.1, -0.05) is 18.2 Å². The smallest absolute Gasteiger partial charge is 0.227 e. The Morgan fingerprint density at radius 2 is 2.08 bits per heavy atom. The molecule has 0 saturated carbocycles. The van der Waals surface area contributed by atoms with Crippen molar-refractivity contribution in [1.82, 2.24) is 5.32 Å². The summed E-state index contributed by atoms with van der Waals surface area (Å²) in [4.78, 5) is 25.9. The number of amides is 2. The van der Waals surface area contributed by atoms with E-state index in [2.05, 4.69) is 11.4 Å². The lowest BCUT2D eigenvalue weighted by atomic mass is 10.1. The minimum atomic E-state index is -0.143. The first-order valence-electron chi connectivity index (χ1n) is 8.27. The van der Waals surface area contributed by atoms with Crippen LogP contribution in [0.5, 0.6) is 0 Å². The van der Waals surface area contributed by atoms with Crippen molar-refractivity contribution in [2.24, 2.45) is 5.92 Å². The topological polar surface area (TPSA) is 82.4 Å². The molecule has 0 bridgehead atoms. The summed E-state index contributed by atoms with van der Waals surface area (Å²) in [6, 6.07) is 11.3. The number of anilines is 1. The summed E-state index contributed by atoms with van der Waals surface area (Å²) in [5.41, 5.74) is 0.751. The van der Waals surface area contributed by atoms with Crippen LogP contribution in [0.2, 0.25) is 0 Å². The van der Waals surface area contributed by atoms with Crippen LogP contribution in [0.15, 0.2) is 30.3 Å². The van der Waals surface area contributed by atoms with Crippen LogP contribution in [-0.4, -0.2) is 38.1 Å². The second kappa shape index (κ2) is 9.68. The minimum absolute atomic E-state index is 0.122. The summed E-state index contributed by atoms with van der Waals surface area (Å²) in [5, 5.41) is 11.6. The highest BCUT2D eigenvalue weighted by Crippen LogP contribution is 2.16. The Bertz CT molecular complexity index is 577. The molecule has 1 saturated heterocycles. The van der Waals surface area contributed by atoms with Gasteiger partial charge in [0, 0.05) is 44.1 Å². The van der Waals surface area contributed by atoms with Gasteiger partial charge in [0.25, 0.3) is 0 Å². The third-order valence-electron chi connectivity index (χ3n) is 3.99. The number of nitrogens with zero attached hydrogens (tertiary/aromatic N) is 2. The average molecular weight is 329 g/mol. The molecule has 1 aliphatic rings. The van der Waals surface area contributed by atoms with Crippen LogP contribution in [0.1, 0.15) is 25.7 Å². The zero-order valence-corrected chi connectivity index (χ0v) is 13.7. The van der Waals surface area contributed by atoms with E-state index >= 15 is 0 Å². The van der Waals surface area contributed by atoms with Crippen LogP contribution in [0, 0.1) is 17.2 Å². The molecule has 1 aromatic rings. The van der Waals surface area contributed by atoms with Gasteiger partial charge in [0.1, 0.15) is 0 Å². The van der Waals surface area contributed by atoms with E-state index in [0.29, 0.717) is 25.6 Å². The number of hydrogen-bond acceptors (Lipinski definition) is 4. The van der Waals surface area contributed by atoms with E-state index < -0.39 is 0 Å². The molecule has 0 aromatic heterocycles. The monoisotopic (exact) mass is 329 g/mol. The van der Waals surface area contributed by atoms with E-state index in [1.54, 1.807) is 4.90 Å². The second-order valence-corrected chi connectivity index (χ2v) is 5.82. The zero-order valence-electron chi connectivity index (χ0n) is 13.7. The predicted octanol–water partition coefficient (Wildman–Crippen LogP) is 1.87. The van der Waals surface area contributed by atoms with E-state index in [1.165, 1.54) is 0 Å². The van der Waals surface area contributed by atoms with Crippen molar-refractivity contribution >= 4 is 17.5 Å². The molecule has 1 aliphatic heterocycles. The third kappa shape index (κ3) is 5.67. The van der Waals surface area contributed by atoms with E-state index in [1.807, 2.05) is 30.3 Å². The van der Waals surface area contributed by atoms with Crippen molar-refractivity contribution in [3.8, 4) is 6.07 Å². The summed E-state index contributed by atoms with van der Waals surface area (Å²) in [5.74, 6) is 0.112. The van der Waals surface area contributed by atoms with E-state index in [9.17, 15) is 9.59 Å². The SMILES string of the molecule is N#CCCN(C(=O)CCC(=O)NCC1CCOC1)c1ccccc1. The molecule has 2 rings (SSSR count). The summed E-state index contributed by atoms with van der Waals surface area (Å²) < 4.78 is 5.27. The number of nitriles is 1. The van der Waals surface area contributed by atoms with Crippen molar-refractivity contribution in [2.45, 2.75) is 25.7 Å². The lowest BCUT2D eigenvalue weighted by Crippen LogP contribution is -2.34. The molecule has 128 valence electrons. The Balaban J connectivity index is 1.81. The summed E-state index contributed by atoms with van der Waals surface area (Å²) in [6.45, 7) is 2.38. The quantitative estimate of drug-likeness (QED) is 0.789. The molecule has 0 aliphatic carbocycles. The molecule has 0 radical (unpaired) electrons. The van der Waals surface area contributed by atoms with Gasteiger partial charge in [0.2, 0.25) is 11.8 Å². The van der Waals surface area contributed by atoms with Crippen molar-refractivity contribution in [3.05, 3.63) is 30.3 Å². The van der Waals surface area contributed by atoms with Gasteiger partial charge in [0.15, 0.2) is 0 Å². The first kappa shape index (κ1) is 18.0. The number of carbonyl (C=O) groups is 2. The Morgan fingerprint density at radius 3 is 2.75 bits per heavy atom.